The Balaban J connectivity index is 1.86. The van der Waals surface area contributed by atoms with Gasteiger partial charge in [0.25, 0.3) is 0 Å². The zero-order valence-corrected chi connectivity index (χ0v) is 18.1. The van der Waals surface area contributed by atoms with E-state index in [2.05, 4.69) is 94.3 Å². The van der Waals surface area contributed by atoms with Gasteiger partial charge in [0.05, 0.1) is 5.69 Å². The molecule has 27 heavy (non-hydrogen) atoms. The highest BCUT2D eigenvalue weighted by Crippen LogP contribution is 2.31. The molecule has 0 fully saturated rings. The highest BCUT2D eigenvalue weighted by Gasteiger charge is 2.17. The highest BCUT2D eigenvalue weighted by atomic mass is 32.2. The number of hydrogen-bond acceptors (Lipinski definition) is 4. The summed E-state index contributed by atoms with van der Waals surface area (Å²) in [4.78, 5) is 0. The lowest BCUT2D eigenvalue weighted by molar-refractivity contribution is 0.589. The molecular weight excluding hydrogens is 352 g/mol. The van der Waals surface area contributed by atoms with E-state index in [1.165, 1.54) is 33.4 Å². The molecule has 3 rings (SSSR count). The van der Waals surface area contributed by atoms with Crippen LogP contribution in [0.2, 0.25) is 0 Å². The first-order valence-corrected chi connectivity index (χ1v) is 10.2. The van der Waals surface area contributed by atoms with Gasteiger partial charge in [-0.15, -0.1) is 5.10 Å². The quantitative estimate of drug-likeness (QED) is 0.562. The molecule has 0 N–H and O–H groups in total. The van der Waals surface area contributed by atoms with Crippen LogP contribution in [-0.4, -0.2) is 20.2 Å². The van der Waals surface area contributed by atoms with Gasteiger partial charge >= 0.3 is 0 Å². The standard InChI is InChI=1S/C22H28N4S/c1-14-8-9-20(17(4)10-14)26-21(23-24-25-26)27-13-19-15(2)11-18(12-16(19)3)22(5,6)7/h8-12H,13H2,1-7H3. The summed E-state index contributed by atoms with van der Waals surface area (Å²) < 4.78 is 1.84. The molecule has 0 saturated heterocycles. The molecule has 0 unspecified atom stereocenters. The first-order chi connectivity index (χ1) is 12.7. The number of hydrogen-bond donors (Lipinski definition) is 0. The topological polar surface area (TPSA) is 43.6 Å². The van der Waals surface area contributed by atoms with Gasteiger partial charge in [0.1, 0.15) is 0 Å². The second-order valence-corrected chi connectivity index (χ2v) is 9.23. The molecule has 0 saturated carbocycles. The molecule has 1 aromatic heterocycles. The number of aryl methyl sites for hydroxylation is 4. The van der Waals surface area contributed by atoms with E-state index in [0.29, 0.717) is 0 Å². The summed E-state index contributed by atoms with van der Waals surface area (Å²) in [6.07, 6.45) is 0. The van der Waals surface area contributed by atoms with Crippen LogP contribution >= 0.6 is 11.8 Å². The first kappa shape index (κ1) is 19.6. The molecular formula is C22H28N4S. The van der Waals surface area contributed by atoms with Crippen LogP contribution in [-0.2, 0) is 11.2 Å². The Bertz CT molecular complexity index is 944. The predicted molar refractivity (Wildman–Crippen MR) is 113 cm³/mol. The van der Waals surface area contributed by atoms with Crippen LogP contribution < -0.4 is 0 Å². The predicted octanol–water partition coefficient (Wildman–Crippen LogP) is 5.49. The van der Waals surface area contributed by atoms with E-state index in [0.717, 1.165) is 16.6 Å². The van der Waals surface area contributed by atoms with Crippen LogP contribution in [0.1, 0.15) is 54.2 Å². The zero-order chi connectivity index (χ0) is 19.8. The SMILES string of the molecule is Cc1ccc(-n2nnnc2SCc2c(C)cc(C(C)(C)C)cc2C)c(C)c1. The summed E-state index contributed by atoms with van der Waals surface area (Å²) in [5, 5.41) is 13.2. The molecule has 2 aromatic carbocycles. The number of thioether (sulfide) groups is 1. The van der Waals surface area contributed by atoms with E-state index in [9.17, 15) is 0 Å². The van der Waals surface area contributed by atoms with Gasteiger partial charge in [0.2, 0.25) is 5.16 Å². The maximum atomic E-state index is 4.25. The fourth-order valence-corrected chi connectivity index (χ4v) is 4.33. The number of benzene rings is 2. The molecule has 0 bridgehead atoms. The maximum absolute atomic E-state index is 4.25. The van der Waals surface area contributed by atoms with Crippen molar-refractivity contribution in [3.63, 3.8) is 0 Å². The minimum Gasteiger partial charge on any atom is -0.187 e. The number of nitrogens with zero attached hydrogens (tertiary/aromatic N) is 4. The van der Waals surface area contributed by atoms with Gasteiger partial charge in [-0.2, -0.15) is 4.68 Å². The lowest BCUT2D eigenvalue weighted by atomic mass is 9.84. The fraction of sp³-hybridized carbons (Fsp3) is 0.409. The van der Waals surface area contributed by atoms with Gasteiger partial charge in [-0.05, 0) is 77.4 Å². The largest absolute Gasteiger partial charge is 0.214 e. The summed E-state index contributed by atoms with van der Waals surface area (Å²) in [7, 11) is 0. The van der Waals surface area contributed by atoms with Gasteiger partial charge in [0.15, 0.2) is 0 Å². The second kappa shape index (κ2) is 7.47. The fourth-order valence-electron chi connectivity index (χ4n) is 3.25. The van der Waals surface area contributed by atoms with Crippen molar-refractivity contribution in [3.8, 4) is 5.69 Å². The van der Waals surface area contributed by atoms with Crippen molar-refractivity contribution in [1.82, 2.24) is 20.2 Å². The third kappa shape index (κ3) is 4.24. The third-order valence-corrected chi connectivity index (χ3v) is 5.87. The molecule has 1 heterocycles. The monoisotopic (exact) mass is 380 g/mol. The van der Waals surface area contributed by atoms with E-state index in [-0.39, 0.29) is 5.41 Å². The molecule has 4 nitrogen and oxygen atoms in total. The first-order valence-electron chi connectivity index (χ1n) is 9.26. The Morgan fingerprint density at radius 2 is 1.59 bits per heavy atom. The van der Waals surface area contributed by atoms with E-state index in [4.69, 9.17) is 0 Å². The summed E-state index contributed by atoms with van der Waals surface area (Å²) in [5.74, 6) is 0.855. The normalized spacial score (nSPS) is 11.8. The summed E-state index contributed by atoms with van der Waals surface area (Å²) >= 11 is 1.68. The zero-order valence-electron chi connectivity index (χ0n) is 17.3. The molecule has 0 spiro atoms. The van der Waals surface area contributed by atoms with Crippen molar-refractivity contribution in [2.75, 3.05) is 0 Å². The molecule has 3 aromatic rings. The van der Waals surface area contributed by atoms with Crippen LogP contribution in [0.15, 0.2) is 35.5 Å². The van der Waals surface area contributed by atoms with E-state index in [1.54, 1.807) is 11.8 Å². The number of tetrazole rings is 1. The summed E-state index contributed by atoms with van der Waals surface area (Å²) in [6.45, 7) is 15.4. The van der Waals surface area contributed by atoms with Crippen molar-refractivity contribution < 1.29 is 0 Å². The Morgan fingerprint density at radius 1 is 0.926 bits per heavy atom. The highest BCUT2D eigenvalue weighted by molar-refractivity contribution is 7.98. The maximum Gasteiger partial charge on any atom is 0.214 e. The number of aromatic nitrogens is 4. The Hall–Kier alpha value is -2.14. The average Bonchev–Trinajstić information content (AvgIpc) is 3.01. The summed E-state index contributed by atoms with van der Waals surface area (Å²) in [6, 6.07) is 11.0. The Labute approximate surface area is 166 Å². The lowest BCUT2D eigenvalue weighted by Crippen LogP contribution is -2.12. The van der Waals surface area contributed by atoms with Gasteiger partial charge in [-0.1, -0.05) is 62.4 Å². The van der Waals surface area contributed by atoms with Crippen molar-refractivity contribution in [2.24, 2.45) is 0 Å². The molecule has 0 aliphatic carbocycles. The van der Waals surface area contributed by atoms with Crippen LogP contribution in [0.5, 0.6) is 0 Å². The average molecular weight is 381 g/mol. The molecule has 0 atom stereocenters. The van der Waals surface area contributed by atoms with Crippen LogP contribution in [0, 0.1) is 27.7 Å². The third-order valence-electron chi connectivity index (χ3n) is 4.93. The molecule has 5 heteroatoms. The van der Waals surface area contributed by atoms with Gasteiger partial charge in [-0.3, -0.25) is 0 Å². The minimum atomic E-state index is 0.161. The van der Waals surface area contributed by atoms with Crippen LogP contribution in [0.4, 0.5) is 0 Å². The molecule has 0 aliphatic heterocycles. The van der Waals surface area contributed by atoms with Gasteiger partial charge in [0, 0.05) is 5.75 Å². The van der Waals surface area contributed by atoms with Crippen molar-refractivity contribution in [2.45, 2.75) is 64.8 Å². The van der Waals surface area contributed by atoms with E-state index in [1.807, 2.05) is 4.68 Å². The van der Waals surface area contributed by atoms with Crippen LogP contribution in [0.25, 0.3) is 5.69 Å². The number of rotatable bonds is 4. The van der Waals surface area contributed by atoms with E-state index < -0.39 is 0 Å². The molecule has 0 radical (unpaired) electrons. The van der Waals surface area contributed by atoms with Gasteiger partial charge in [-0.25, -0.2) is 0 Å². The summed E-state index contributed by atoms with van der Waals surface area (Å²) in [5.41, 5.74) is 9.01. The second-order valence-electron chi connectivity index (χ2n) is 8.29. The molecule has 0 amide bonds. The van der Waals surface area contributed by atoms with Crippen molar-refractivity contribution in [3.05, 3.63) is 63.7 Å². The van der Waals surface area contributed by atoms with Crippen molar-refractivity contribution >= 4 is 11.8 Å². The smallest absolute Gasteiger partial charge is 0.187 e. The van der Waals surface area contributed by atoms with E-state index >= 15 is 0 Å². The minimum absolute atomic E-state index is 0.161. The lowest BCUT2D eigenvalue weighted by Gasteiger charge is -2.22. The molecule has 0 aliphatic rings. The van der Waals surface area contributed by atoms with Crippen molar-refractivity contribution in [1.29, 1.82) is 0 Å². The van der Waals surface area contributed by atoms with Crippen LogP contribution in [0.3, 0.4) is 0 Å². The Kier molecular flexibility index (Phi) is 5.43. The Morgan fingerprint density at radius 3 is 2.19 bits per heavy atom. The van der Waals surface area contributed by atoms with Gasteiger partial charge < -0.3 is 0 Å². The molecule has 142 valence electrons.